The average molecular weight is 378 g/mol. The van der Waals surface area contributed by atoms with Gasteiger partial charge in [0.1, 0.15) is 16.8 Å². The lowest BCUT2D eigenvalue weighted by atomic mass is 10.1. The van der Waals surface area contributed by atoms with Gasteiger partial charge in [0.25, 0.3) is 5.56 Å². The third-order valence-electron chi connectivity index (χ3n) is 3.48. The number of rotatable bonds is 4. The van der Waals surface area contributed by atoms with E-state index in [4.69, 9.17) is 0 Å². The first kappa shape index (κ1) is 19.1. The van der Waals surface area contributed by atoms with Crippen molar-refractivity contribution in [3.05, 3.63) is 63.8 Å². The summed E-state index contributed by atoms with van der Waals surface area (Å²) < 4.78 is 80.2. The van der Waals surface area contributed by atoms with Crippen molar-refractivity contribution < 1.29 is 26.0 Å². The van der Waals surface area contributed by atoms with Crippen molar-refractivity contribution >= 4 is 10.0 Å². The number of halogens is 4. The van der Waals surface area contributed by atoms with Crippen molar-refractivity contribution in [2.24, 2.45) is 7.05 Å². The number of pyridine rings is 1. The van der Waals surface area contributed by atoms with Crippen LogP contribution in [0.5, 0.6) is 0 Å². The average Bonchev–Trinajstić information content (AvgIpc) is 2.48. The minimum atomic E-state index is -4.94. The Kier molecular flexibility index (Phi) is 5.05. The molecule has 1 aromatic carbocycles. The van der Waals surface area contributed by atoms with Gasteiger partial charge >= 0.3 is 6.18 Å². The summed E-state index contributed by atoms with van der Waals surface area (Å²) in [4.78, 5) is 11.0. The van der Waals surface area contributed by atoms with E-state index in [9.17, 15) is 30.8 Å². The third kappa shape index (κ3) is 4.26. The minimum Gasteiger partial charge on any atom is -0.317 e. The highest BCUT2D eigenvalue weighted by Crippen LogP contribution is 2.34. The number of nitrogens with zero attached hydrogens (tertiary/aromatic N) is 1. The maximum Gasteiger partial charge on any atom is 0.408 e. The lowest BCUT2D eigenvalue weighted by Gasteiger charge is -2.22. The van der Waals surface area contributed by atoms with Gasteiger partial charge in [-0.3, -0.25) is 4.79 Å². The molecular weight excluding hydrogens is 364 g/mol. The van der Waals surface area contributed by atoms with E-state index in [-0.39, 0.29) is 5.56 Å². The molecular formula is C15H14F4N2O3S. The van der Waals surface area contributed by atoms with Gasteiger partial charge in [-0.15, -0.1) is 0 Å². The van der Waals surface area contributed by atoms with Gasteiger partial charge < -0.3 is 4.57 Å². The van der Waals surface area contributed by atoms with Crippen molar-refractivity contribution in [1.29, 1.82) is 0 Å². The molecule has 10 heteroatoms. The van der Waals surface area contributed by atoms with Crippen LogP contribution >= 0.6 is 0 Å². The van der Waals surface area contributed by atoms with Crippen LogP contribution in [0, 0.1) is 12.7 Å². The number of sulfonamides is 1. The Hall–Kier alpha value is -2.20. The van der Waals surface area contributed by atoms with Crippen LogP contribution in [0.2, 0.25) is 0 Å². The summed E-state index contributed by atoms with van der Waals surface area (Å²) in [7, 11) is -3.31. The van der Waals surface area contributed by atoms with Gasteiger partial charge in [0.05, 0.1) is 0 Å². The maximum atomic E-state index is 13.3. The Labute approximate surface area is 141 Å². The molecule has 2 rings (SSSR count). The van der Waals surface area contributed by atoms with Crippen LogP contribution in [0.3, 0.4) is 0 Å². The highest BCUT2D eigenvalue weighted by atomic mass is 32.2. The van der Waals surface area contributed by atoms with Crippen LogP contribution in [-0.2, 0) is 17.1 Å². The van der Waals surface area contributed by atoms with Gasteiger partial charge in [-0.2, -0.15) is 17.9 Å². The zero-order valence-corrected chi connectivity index (χ0v) is 14.0. The minimum absolute atomic E-state index is 0.00984. The normalized spacial score (nSPS) is 13.7. The first-order chi connectivity index (χ1) is 11.4. The van der Waals surface area contributed by atoms with Gasteiger partial charge in [0, 0.05) is 19.3 Å². The van der Waals surface area contributed by atoms with E-state index in [1.54, 1.807) is 4.72 Å². The zero-order chi connectivity index (χ0) is 19.0. The lowest BCUT2D eigenvalue weighted by Crippen LogP contribution is -2.38. The molecule has 1 heterocycles. The summed E-state index contributed by atoms with van der Waals surface area (Å²) in [6.45, 7) is 1.30. The van der Waals surface area contributed by atoms with Gasteiger partial charge in [0.2, 0.25) is 10.0 Å². The van der Waals surface area contributed by atoms with E-state index in [2.05, 4.69) is 0 Å². The van der Waals surface area contributed by atoms with Crippen molar-refractivity contribution in [3.8, 4) is 0 Å². The molecule has 1 N–H and O–H groups in total. The third-order valence-corrected chi connectivity index (χ3v) is 5.03. The molecule has 0 radical (unpaired) electrons. The molecule has 1 unspecified atom stereocenters. The Morgan fingerprint density at radius 1 is 1.16 bits per heavy atom. The fourth-order valence-corrected chi connectivity index (χ4v) is 3.67. The van der Waals surface area contributed by atoms with Crippen molar-refractivity contribution in [2.45, 2.75) is 24.0 Å². The molecule has 5 nitrogen and oxygen atoms in total. The lowest BCUT2D eigenvalue weighted by molar-refractivity contribution is -0.153. The summed E-state index contributed by atoms with van der Waals surface area (Å²) >= 11 is 0. The molecule has 0 bridgehead atoms. The number of hydrogen-bond donors (Lipinski definition) is 1. The molecule has 2 aromatic rings. The summed E-state index contributed by atoms with van der Waals surface area (Å²) in [5.74, 6) is -0.749. The maximum absolute atomic E-state index is 13.3. The fourth-order valence-electron chi connectivity index (χ4n) is 2.18. The van der Waals surface area contributed by atoms with E-state index in [0.29, 0.717) is 0 Å². The summed E-state index contributed by atoms with van der Waals surface area (Å²) in [6.07, 6.45) is -4.00. The second kappa shape index (κ2) is 6.60. The first-order valence-corrected chi connectivity index (χ1v) is 8.42. The quantitative estimate of drug-likeness (QED) is 0.831. The number of aromatic nitrogens is 1. The van der Waals surface area contributed by atoms with Crippen molar-refractivity contribution in [1.82, 2.24) is 9.29 Å². The summed E-state index contributed by atoms with van der Waals surface area (Å²) in [5.41, 5.74) is -0.946. The Bertz CT molecular complexity index is 935. The molecule has 0 aliphatic carbocycles. The number of nitrogens with one attached hydrogen (secondary N) is 1. The van der Waals surface area contributed by atoms with E-state index >= 15 is 0 Å². The standard InChI is InChI=1S/C15H14F4N2O3S/c1-9-7-13(22)21(2)8-12(9)25(23,24)20-14(15(17,18)19)10-3-5-11(16)6-4-10/h3-8,14,20H,1-2H3. The molecule has 0 saturated heterocycles. The number of aryl methyl sites for hydroxylation is 2. The van der Waals surface area contributed by atoms with Gasteiger partial charge in [-0.1, -0.05) is 12.1 Å². The molecule has 1 atom stereocenters. The van der Waals surface area contributed by atoms with Crippen LogP contribution in [0.1, 0.15) is 17.2 Å². The molecule has 25 heavy (non-hydrogen) atoms. The van der Waals surface area contributed by atoms with Crippen LogP contribution in [-0.4, -0.2) is 19.2 Å². The highest BCUT2D eigenvalue weighted by molar-refractivity contribution is 7.89. The molecule has 0 amide bonds. The van der Waals surface area contributed by atoms with Crippen molar-refractivity contribution in [2.75, 3.05) is 0 Å². The van der Waals surface area contributed by atoms with Crippen LogP contribution in [0.4, 0.5) is 17.6 Å². The highest BCUT2D eigenvalue weighted by Gasteiger charge is 2.43. The Morgan fingerprint density at radius 3 is 2.24 bits per heavy atom. The predicted molar refractivity (Wildman–Crippen MR) is 81.9 cm³/mol. The smallest absolute Gasteiger partial charge is 0.317 e. The van der Waals surface area contributed by atoms with Gasteiger partial charge in [-0.05, 0) is 30.2 Å². The Balaban J connectivity index is 2.50. The molecule has 0 aliphatic rings. The molecule has 1 aromatic heterocycles. The predicted octanol–water partition coefficient (Wildman–Crippen LogP) is 2.41. The van der Waals surface area contributed by atoms with Gasteiger partial charge in [0.15, 0.2) is 0 Å². The molecule has 0 fully saturated rings. The van der Waals surface area contributed by atoms with Crippen LogP contribution in [0.25, 0.3) is 0 Å². The van der Waals surface area contributed by atoms with Crippen molar-refractivity contribution in [3.63, 3.8) is 0 Å². The second-order valence-electron chi connectivity index (χ2n) is 5.42. The van der Waals surface area contributed by atoms with E-state index in [1.165, 1.54) is 14.0 Å². The molecule has 0 spiro atoms. The largest absolute Gasteiger partial charge is 0.408 e. The zero-order valence-electron chi connectivity index (χ0n) is 13.1. The topological polar surface area (TPSA) is 68.2 Å². The first-order valence-electron chi connectivity index (χ1n) is 6.93. The van der Waals surface area contributed by atoms with E-state index < -0.39 is 44.1 Å². The second-order valence-corrected chi connectivity index (χ2v) is 7.10. The van der Waals surface area contributed by atoms with Gasteiger partial charge in [-0.25, -0.2) is 12.8 Å². The molecule has 0 aliphatic heterocycles. The van der Waals surface area contributed by atoms with Crippen LogP contribution < -0.4 is 10.3 Å². The SMILES string of the molecule is Cc1cc(=O)n(C)cc1S(=O)(=O)NC(c1ccc(F)cc1)C(F)(F)F. The van der Waals surface area contributed by atoms with E-state index in [1.807, 2.05) is 0 Å². The van der Waals surface area contributed by atoms with E-state index in [0.717, 1.165) is 41.1 Å². The fraction of sp³-hybridized carbons (Fsp3) is 0.267. The summed E-state index contributed by atoms with van der Waals surface area (Å²) in [5, 5.41) is 0. The molecule has 136 valence electrons. The summed E-state index contributed by atoms with van der Waals surface area (Å²) in [6, 6.07) is 1.76. The number of alkyl halides is 3. The van der Waals surface area contributed by atoms with Crippen LogP contribution in [0.15, 0.2) is 46.2 Å². The number of benzene rings is 1. The molecule has 0 saturated carbocycles. The monoisotopic (exact) mass is 378 g/mol. The Morgan fingerprint density at radius 2 is 1.72 bits per heavy atom. The number of hydrogen-bond acceptors (Lipinski definition) is 3.